The Labute approximate surface area is 162 Å². The lowest BCUT2D eigenvalue weighted by atomic mass is 10.1. The van der Waals surface area contributed by atoms with Crippen molar-refractivity contribution in [3.05, 3.63) is 71.8 Å². The minimum atomic E-state index is -3.74. The number of aromatic nitrogens is 1. The van der Waals surface area contributed by atoms with E-state index in [0.717, 1.165) is 11.1 Å². The van der Waals surface area contributed by atoms with Gasteiger partial charge in [-0.25, -0.2) is 13.4 Å². The van der Waals surface area contributed by atoms with Gasteiger partial charge in [0.15, 0.2) is 5.58 Å². The molecule has 0 aliphatic heterocycles. The molecule has 0 fully saturated rings. The SMILES string of the molecule is Cc1cc(C)c2oc(-c3cc(NS(=O)(=O)c4ccccc4)ccc3O)nc2c1. The number of sulfonamides is 1. The first kappa shape index (κ1) is 18.1. The number of anilines is 1. The number of rotatable bonds is 4. The van der Waals surface area contributed by atoms with E-state index in [-0.39, 0.29) is 16.5 Å². The number of phenolic OH excluding ortho intramolecular Hbond substituents is 1. The minimum Gasteiger partial charge on any atom is -0.507 e. The predicted molar refractivity (Wildman–Crippen MR) is 108 cm³/mol. The summed E-state index contributed by atoms with van der Waals surface area (Å²) in [4.78, 5) is 4.61. The third-order valence-electron chi connectivity index (χ3n) is 4.35. The van der Waals surface area contributed by atoms with Crippen molar-refractivity contribution in [2.75, 3.05) is 4.72 Å². The molecular formula is C21H18N2O4S. The lowest BCUT2D eigenvalue weighted by Crippen LogP contribution is -2.12. The highest BCUT2D eigenvalue weighted by Gasteiger charge is 2.18. The molecule has 0 saturated heterocycles. The zero-order chi connectivity index (χ0) is 19.9. The van der Waals surface area contributed by atoms with Crippen LogP contribution in [0.2, 0.25) is 0 Å². The highest BCUT2D eigenvalue weighted by Crippen LogP contribution is 2.34. The molecule has 1 heterocycles. The van der Waals surface area contributed by atoms with Crippen molar-refractivity contribution in [2.24, 2.45) is 0 Å². The molecule has 0 atom stereocenters. The van der Waals surface area contributed by atoms with Crippen LogP contribution in [0.15, 0.2) is 70.0 Å². The first-order valence-corrected chi connectivity index (χ1v) is 10.1. The van der Waals surface area contributed by atoms with Crippen LogP contribution in [0, 0.1) is 13.8 Å². The summed E-state index contributed by atoms with van der Waals surface area (Å²) >= 11 is 0. The maximum absolute atomic E-state index is 12.5. The lowest BCUT2D eigenvalue weighted by molar-refractivity contribution is 0.474. The topological polar surface area (TPSA) is 92.4 Å². The number of benzene rings is 3. The largest absolute Gasteiger partial charge is 0.507 e. The number of nitrogens with zero attached hydrogens (tertiary/aromatic N) is 1. The number of aryl methyl sites for hydroxylation is 2. The van der Waals surface area contributed by atoms with E-state index in [9.17, 15) is 13.5 Å². The molecule has 4 aromatic rings. The fraction of sp³-hybridized carbons (Fsp3) is 0.0952. The first-order valence-electron chi connectivity index (χ1n) is 8.62. The van der Waals surface area contributed by atoms with Gasteiger partial charge in [-0.1, -0.05) is 24.3 Å². The maximum Gasteiger partial charge on any atom is 0.261 e. The Hall–Kier alpha value is -3.32. The fourth-order valence-corrected chi connectivity index (χ4v) is 4.15. The molecule has 0 saturated carbocycles. The normalized spacial score (nSPS) is 11.6. The van der Waals surface area contributed by atoms with E-state index < -0.39 is 10.0 Å². The molecule has 1 aromatic heterocycles. The summed E-state index contributed by atoms with van der Waals surface area (Å²) in [5.41, 5.74) is 3.92. The van der Waals surface area contributed by atoms with Gasteiger partial charge in [0, 0.05) is 5.69 Å². The molecule has 2 N–H and O–H groups in total. The van der Waals surface area contributed by atoms with Gasteiger partial charge in [0.1, 0.15) is 11.3 Å². The molecule has 28 heavy (non-hydrogen) atoms. The molecule has 4 rings (SSSR count). The third-order valence-corrected chi connectivity index (χ3v) is 5.75. The van der Waals surface area contributed by atoms with E-state index in [4.69, 9.17) is 4.42 Å². The van der Waals surface area contributed by atoms with Crippen LogP contribution in [-0.2, 0) is 10.0 Å². The zero-order valence-corrected chi connectivity index (χ0v) is 16.1. The summed E-state index contributed by atoms with van der Waals surface area (Å²) in [5.74, 6) is 0.172. The molecule has 0 amide bonds. The summed E-state index contributed by atoms with van der Waals surface area (Å²) < 4.78 is 33.4. The van der Waals surface area contributed by atoms with Gasteiger partial charge < -0.3 is 9.52 Å². The van der Waals surface area contributed by atoms with Gasteiger partial charge in [-0.3, -0.25) is 4.72 Å². The van der Waals surface area contributed by atoms with Gasteiger partial charge in [-0.15, -0.1) is 0 Å². The van der Waals surface area contributed by atoms with Crippen molar-refractivity contribution in [3.8, 4) is 17.2 Å². The van der Waals surface area contributed by atoms with Gasteiger partial charge in [-0.2, -0.15) is 0 Å². The highest BCUT2D eigenvalue weighted by molar-refractivity contribution is 7.92. The molecule has 0 radical (unpaired) electrons. The van der Waals surface area contributed by atoms with Gasteiger partial charge >= 0.3 is 0 Å². The summed E-state index contributed by atoms with van der Waals surface area (Å²) in [7, 11) is -3.74. The van der Waals surface area contributed by atoms with Gasteiger partial charge in [-0.05, 0) is 61.4 Å². The Morgan fingerprint density at radius 2 is 1.75 bits per heavy atom. The summed E-state index contributed by atoms with van der Waals surface area (Å²) in [6.07, 6.45) is 0. The fourth-order valence-electron chi connectivity index (χ4n) is 3.08. The molecule has 6 nitrogen and oxygen atoms in total. The number of hydrogen-bond acceptors (Lipinski definition) is 5. The van der Waals surface area contributed by atoms with Crippen LogP contribution < -0.4 is 4.72 Å². The van der Waals surface area contributed by atoms with Gasteiger partial charge in [0.2, 0.25) is 5.89 Å². The quantitative estimate of drug-likeness (QED) is 0.493. The lowest BCUT2D eigenvalue weighted by Gasteiger charge is -2.09. The Morgan fingerprint density at radius 3 is 2.50 bits per heavy atom. The van der Waals surface area contributed by atoms with Crippen LogP contribution in [0.1, 0.15) is 11.1 Å². The van der Waals surface area contributed by atoms with Gasteiger partial charge in [0.05, 0.1) is 10.5 Å². The Kier molecular flexibility index (Phi) is 4.31. The third kappa shape index (κ3) is 3.32. The number of fused-ring (bicyclic) bond motifs is 1. The van der Waals surface area contributed by atoms with Gasteiger partial charge in [0.25, 0.3) is 10.0 Å². The molecule has 0 aliphatic carbocycles. The van der Waals surface area contributed by atoms with Crippen LogP contribution in [0.5, 0.6) is 5.75 Å². The Balaban J connectivity index is 1.75. The van der Waals surface area contributed by atoms with E-state index in [1.54, 1.807) is 18.2 Å². The van der Waals surface area contributed by atoms with E-state index >= 15 is 0 Å². The molecular weight excluding hydrogens is 376 g/mol. The zero-order valence-electron chi connectivity index (χ0n) is 15.3. The van der Waals surface area contributed by atoms with E-state index in [1.807, 2.05) is 26.0 Å². The number of phenols is 1. The second kappa shape index (κ2) is 6.69. The van der Waals surface area contributed by atoms with Crippen molar-refractivity contribution < 1.29 is 17.9 Å². The van der Waals surface area contributed by atoms with Crippen molar-refractivity contribution in [1.29, 1.82) is 0 Å². The van der Waals surface area contributed by atoms with Crippen LogP contribution in [0.25, 0.3) is 22.6 Å². The Bertz CT molecular complexity index is 1280. The summed E-state index contributed by atoms with van der Waals surface area (Å²) in [6, 6.07) is 16.3. The molecule has 0 unspecified atom stereocenters. The minimum absolute atomic E-state index is 0.0522. The van der Waals surface area contributed by atoms with Crippen molar-refractivity contribution in [2.45, 2.75) is 18.7 Å². The van der Waals surface area contributed by atoms with Crippen LogP contribution >= 0.6 is 0 Å². The molecule has 0 aliphatic rings. The van der Waals surface area contributed by atoms with E-state index in [0.29, 0.717) is 22.4 Å². The van der Waals surface area contributed by atoms with E-state index in [2.05, 4.69) is 9.71 Å². The van der Waals surface area contributed by atoms with Crippen molar-refractivity contribution >= 4 is 26.8 Å². The van der Waals surface area contributed by atoms with Crippen LogP contribution in [0.3, 0.4) is 0 Å². The number of nitrogens with one attached hydrogen (secondary N) is 1. The number of aromatic hydroxyl groups is 1. The molecule has 0 spiro atoms. The average Bonchev–Trinajstić information content (AvgIpc) is 3.08. The average molecular weight is 394 g/mol. The monoisotopic (exact) mass is 394 g/mol. The molecule has 7 heteroatoms. The van der Waals surface area contributed by atoms with Crippen LogP contribution in [-0.4, -0.2) is 18.5 Å². The first-order chi connectivity index (χ1) is 13.3. The highest BCUT2D eigenvalue weighted by atomic mass is 32.2. The van der Waals surface area contributed by atoms with Crippen molar-refractivity contribution in [1.82, 2.24) is 4.98 Å². The Morgan fingerprint density at radius 1 is 1.00 bits per heavy atom. The molecule has 142 valence electrons. The number of hydrogen-bond donors (Lipinski definition) is 2. The second-order valence-electron chi connectivity index (χ2n) is 6.60. The standard InChI is InChI=1S/C21H18N2O4S/c1-13-10-14(2)20-18(11-13)22-21(27-20)17-12-15(8-9-19(17)24)23-28(25,26)16-6-4-3-5-7-16/h3-12,23-24H,1-2H3. The molecule has 0 bridgehead atoms. The summed E-state index contributed by atoms with van der Waals surface area (Å²) in [6.45, 7) is 3.89. The van der Waals surface area contributed by atoms with E-state index in [1.165, 1.54) is 30.3 Å². The predicted octanol–water partition coefficient (Wildman–Crippen LogP) is 4.62. The molecule has 3 aromatic carbocycles. The second-order valence-corrected chi connectivity index (χ2v) is 8.28. The smallest absolute Gasteiger partial charge is 0.261 e. The van der Waals surface area contributed by atoms with Crippen LogP contribution in [0.4, 0.5) is 5.69 Å². The van der Waals surface area contributed by atoms with Crippen molar-refractivity contribution in [3.63, 3.8) is 0 Å². The maximum atomic E-state index is 12.5. The number of oxazole rings is 1. The summed E-state index contributed by atoms with van der Waals surface area (Å²) in [5, 5.41) is 10.3.